The molecule has 1 aliphatic heterocycles. The van der Waals surface area contributed by atoms with Crippen molar-refractivity contribution in [3.63, 3.8) is 0 Å². The zero-order valence-electron chi connectivity index (χ0n) is 11.4. The van der Waals surface area contributed by atoms with Gasteiger partial charge in [0.05, 0.1) is 12.7 Å². The van der Waals surface area contributed by atoms with Crippen LogP contribution in [0.2, 0.25) is 0 Å². The van der Waals surface area contributed by atoms with Crippen LogP contribution in [0.1, 0.15) is 11.1 Å². The second kappa shape index (κ2) is 7.72. The summed E-state index contributed by atoms with van der Waals surface area (Å²) in [5.41, 5.74) is 2.74. The van der Waals surface area contributed by atoms with Crippen molar-refractivity contribution in [1.82, 2.24) is 5.32 Å². The molecule has 19 heavy (non-hydrogen) atoms. The van der Waals surface area contributed by atoms with Crippen molar-refractivity contribution in [2.45, 2.75) is 12.5 Å². The molecule has 0 spiro atoms. The maximum absolute atomic E-state index is 4.89. The molecule has 2 aromatic carbocycles. The summed E-state index contributed by atoms with van der Waals surface area (Å²) in [5, 5.41) is 3.00. The molecule has 2 heteroatoms. The summed E-state index contributed by atoms with van der Waals surface area (Å²) < 4.78 is 4.89. The number of nitrogens with one attached hydrogen (secondary N) is 1. The van der Waals surface area contributed by atoms with E-state index in [1.54, 1.807) is 0 Å². The molecule has 1 fully saturated rings. The maximum atomic E-state index is 4.89. The molecule has 1 unspecified atom stereocenters. The minimum Gasteiger partial charge on any atom is -0.372 e. The van der Waals surface area contributed by atoms with Gasteiger partial charge in [0.15, 0.2) is 0 Å². The van der Waals surface area contributed by atoms with Gasteiger partial charge in [-0.05, 0) is 24.6 Å². The summed E-state index contributed by atoms with van der Waals surface area (Å²) >= 11 is 0. The van der Waals surface area contributed by atoms with Gasteiger partial charge in [-0.3, -0.25) is 0 Å². The molecule has 1 N–H and O–H groups in total. The quantitative estimate of drug-likeness (QED) is 0.850. The topological polar surface area (TPSA) is 24.6 Å². The lowest BCUT2D eigenvalue weighted by Gasteiger charge is -2.00. The third-order valence-corrected chi connectivity index (χ3v) is 2.93. The number of epoxide rings is 1. The van der Waals surface area contributed by atoms with E-state index < -0.39 is 0 Å². The van der Waals surface area contributed by atoms with Crippen LogP contribution in [-0.2, 0) is 11.2 Å². The van der Waals surface area contributed by atoms with Crippen molar-refractivity contribution in [2.75, 3.05) is 20.2 Å². The summed E-state index contributed by atoms with van der Waals surface area (Å²) in [6.45, 7) is 1.97. The SMILES string of the molecule is CNCC1CO1.c1ccc(Cc2ccccc2)cc1. The average Bonchev–Trinajstić information content (AvgIpc) is 3.26. The van der Waals surface area contributed by atoms with Crippen LogP contribution in [0.25, 0.3) is 0 Å². The van der Waals surface area contributed by atoms with Gasteiger partial charge in [-0.1, -0.05) is 60.7 Å². The normalized spacial score (nSPS) is 16.4. The van der Waals surface area contributed by atoms with E-state index >= 15 is 0 Å². The number of hydrogen-bond donors (Lipinski definition) is 1. The van der Waals surface area contributed by atoms with Gasteiger partial charge in [-0.25, -0.2) is 0 Å². The Bertz CT molecular complexity index is 414. The fourth-order valence-electron chi connectivity index (χ4n) is 1.84. The number of rotatable bonds is 4. The van der Waals surface area contributed by atoms with Gasteiger partial charge < -0.3 is 10.1 Å². The highest BCUT2D eigenvalue weighted by atomic mass is 16.6. The van der Waals surface area contributed by atoms with Crippen LogP contribution in [0, 0.1) is 0 Å². The van der Waals surface area contributed by atoms with Crippen molar-refractivity contribution in [1.29, 1.82) is 0 Å². The molecule has 0 bridgehead atoms. The Kier molecular flexibility index (Phi) is 5.60. The first kappa shape index (κ1) is 13.8. The van der Waals surface area contributed by atoms with Crippen LogP contribution >= 0.6 is 0 Å². The van der Waals surface area contributed by atoms with E-state index in [4.69, 9.17) is 4.74 Å². The maximum Gasteiger partial charge on any atom is 0.0933 e. The molecule has 0 radical (unpaired) electrons. The van der Waals surface area contributed by atoms with E-state index in [2.05, 4.69) is 66.0 Å². The largest absolute Gasteiger partial charge is 0.372 e. The van der Waals surface area contributed by atoms with E-state index in [1.807, 2.05) is 7.05 Å². The number of likely N-dealkylation sites (N-methyl/N-ethyl adjacent to an activating group) is 1. The summed E-state index contributed by atoms with van der Waals surface area (Å²) in [6, 6.07) is 21.1. The number of hydrogen-bond acceptors (Lipinski definition) is 2. The monoisotopic (exact) mass is 255 g/mol. The van der Waals surface area contributed by atoms with E-state index in [9.17, 15) is 0 Å². The molecule has 1 atom stereocenters. The molecular weight excluding hydrogens is 234 g/mol. The predicted octanol–water partition coefficient (Wildman–Crippen LogP) is 2.88. The highest BCUT2D eigenvalue weighted by molar-refractivity contribution is 5.25. The smallest absolute Gasteiger partial charge is 0.0933 e. The Morgan fingerprint density at radius 2 is 1.42 bits per heavy atom. The van der Waals surface area contributed by atoms with Crippen molar-refractivity contribution in [3.8, 4) is 0 Å². The lowest BCUT2D eigenvalue weighted by molar-refractivity contribution is 0.402. The zero-order valence-corrected chi connectivity index (χ0v) is 11.4. The second-order valence-corrected chi connectivity index (χ2v) is 4.66. The Morgan fingerprint density at radius 1 is 0.947 bits per heavy atom. The Morgan fingerprint density at radius 3 is 1.74 bits per heavy atom. The molecule has 2 nitrogen and oxygen atoms in total. The Labute approximate surface area is 115 Å². The molecule has 0 amide bonds. The molecule has 1 aliphatic rings. The predicted molar refractivity (Wildman–Crippen MR) is 79.4 cm³/mol. The Balaban J connectivity index is 0.000000186. The fraction of sp³-hybridized carbons (Fsp3) is 0.294. The molecule has 0 saturated carbocycles. The van der Waals surface area contributed by atoms with Crippen LogP contribution in [-0.4, -0.2) is 26.3 Å². The molecule has 100 valence electrons. The van der Waals surface area contributed by atoms with Gasteiger partial charge in [0.25, 0.3) is 0 Å². The standard InChI is InChI=1S/C13H12.C4H9NO/c1-3-7-12(8-4-1)11-13-9-5-2-6-10-13;1-5-2-4-3-6-4/h1-10H,11H2;4-5H,2-3H2,1H3. The number of benzene rings is 2. The van der Waals surface area contributed by atoms with Gasteiger partial charge in [0, 0.05) is 6.54 Å². The first-order valence-corrected chi connectivity index (χ1v) is 6.72. The van der Waals surface area contributed by atoms with Crippen LogP contribution in [0.15, 0.2) is 60.7 Å². The zero-order chi connectivity index (χ0) is 13.3. The van der Waals surface area contributed by atoms with Gasteiger partial charge in [-0.15, -0.1) is 0 Å². The van der Waals surface area contributed by atoms with Gasteiger partial charge in [0.2, 0.25) is 0 Å². The van der Waals surface area contributed by atoms with Crippen LogP contribution in [0.3, 0.4) is 0 Å². The van der Waals surface area contributed by atoms with Crippen molar-refractivity contribution >= 4 is 0 Å². The van der Waals surface area contributed by atoms with Crippen LogP contribution < -0.4 is 5.32 Å². The van der Waals surface area contributed by atoms with Crippen molar-refractivity contribution < 1.29 is 4.74 Å². The molecule has 1 heterocycles. The fourth-order valence-corrected chi connectivity index (χ4v) is 1.84. The molecule has 1 saturated heterocycles. The molecular formula is C17H21NO. The molecule has 2 aromatic rings. The summed E-state index contributed by atoms with van der Waals surface area (Å²) in [7, 11) is 1.93. The van der Waals surface area contributed by atoms with E-state index in [0.29, 0.717) is 6.10 Å². The van der Waals surface area contributed by atoms with E-state index in [1.165, 1.54) is 11.1 Å². The summed E-state index contributed by atoms with van der Waals surface area (Å²) in [5.74, 6) is 0. The molecule has 0 aliphatic carbocycles. The lowest BCUT2D eigenvalue weighted by atomic mass is 10.1. The minimum atomic E-state index is 0.537. The first-order valence-electron chi connectivity index (χ1n) is 6.72. The minimum absolute atomic E-state index is 0.537. The third kappa shape index (κ3) is 5.69. The van der Waals surface area contributed by atoms with Crippen molar-refractivity contribution in [2.24, 2.45) is 0 Å². The Hall–Kier alpha value is -1.64. The van der Waals surface area contributed by atoms with Crippen molar-refractivity contribution in [3.05, 3.63) is 71.8 Å². The first-order chi connectivity index (χ1) is 9.38. The van der Waals surface area contributed by atoms with Gasteiger partial charge >= 0.3 is 0 Å². The third-order valence-electron chi connectivity index (χ3n) is 2.93. The van der Waals surface area contributed by atoms with Crippen LogP contribution in [0.4, 0.5) is 0 Å². The highest BCUT2D eigenvalue weighted by Crippen LogP contribution is 2.07. The second-order valence-electron chi connectivity index (χ2n) is 4.66. The highest BCUT2D eigenvalue weighted by Gasteiger charge is 2.20. The summed E-state index contributed by atoms with van der Waals surface area (Å²) in [4.78, 5) is 0. The van der Waals surface area contributed by atoms with Crippen LogP contribution in [0.5, 0.6) is 0 Å². The van der Waals surface area contributed by atoms with Gasteiger partial charge in [-0.2, -0.15) is 0 Å². The molecule has 0 aromatic heterocycles. The average molecular weight is 255 g/mol. The lowest BCUT2D eigenvalue weighted by Crippen LogP contribution is -2.12. The van der Waals surface area contributed by atoms with Gasteiger partial charge in [0.1, 0.15) is 0 Å². The van der Waals surface area contributed by atoms with E-state index in [-0.39, 0.29) is 0 Å². The van der Waals surface area contributed by atoms with E-state index in [0.717, 1.165) is 19.6 Å². The number of ether oxygens (including phenoxy) is 1. The molecule has 3 rings (SSSR count). The summed E-state index contributed by atoms with van der Waals surface area (Å²) in [6.07, 6.45) is 1.57.